The molecule has 0 aliphatic carbocycles. The van der Waals surface area contributed by atoms with E-state index in [1.165, 1.54) is 5.56 Å². The number of rotatable bonds is 9. The summed E-state index contributed by atoms with van der Waals surface area (Å²) in [5.74, 6) is 0. The number of ether oxygens (including phenoxy) is 1. The Morgan fingerprint density at radius 3 is 2.32 bits per heavy atom. The molecule has 0 saturated heterocycles. The quantitative estimate of drug-likeness (QED) is 0.727. The van der Waals surface area contributed by atoms with Crippen LogP contribution in [0.3, 0.4) is 0 Å². The zero-order chi connectivity index (χ0) is 14.1. The maximum absolute atomic E-state index is 5.97. The molecule has 0 heterocycles. The molecule has 0 amide bonds. The monoisotopic (exact) mass is 263 g/mol. The lowest BCUT2D eigenvalue weighted by atomic mass is 9.94. The summed E-state index contributed by atoms with van der Waals surface area (Å²) in [5.41, 5.74) is 1.51. The van der Waals surface area contributed by atoms with Gasteiger partial charge in [-0.05, 0) is 18.4 Å². The van der Waals surface area contributed by atoms with E-state index in [2.05, 4.69) is 63.3 Å². The Morgan fingerprint density at radius 2 is 1.74 bits per heavy atom. The molecule has 0 spiro atoms. The Kier molecular flexibility index (Phi) is 7.11. The second kappa shape index (κ2) is 8.34. The lowest BCUT2D eigenvalue weighted by Crippen LogP contribution is -2.34. The van der Waals surface area contributed by atoms with E-state index in [1.54, 1.807) is 0 Å². The molecule has 0 aromatic heterocycles. The summed E-state index contributed by atoms with van der Waals surface area (Å²) < 4.78 is 5.97. The van der Waals surface area contributed by atoms with Crippen LogP contribution < -0.4 is 5.32 Å². The van der Waals surface area contributed by atoms with Gasteiger partial charge in [0.05, 0.1) is 12.7 Å². The summed E-state index contributed by atoms with van der Waals surface area (Å²) in [5, 5.41) is 3.52. The van der Waals surface area contributed by atoms with Crippen LogP contribution in [0.15, 0.2) is 30.3 Å². The van der Waals surface area contributed by atoms with Crippen molar-refractivity contribution in [2.45, 2.75) is 53.2 Å². The lowest BCUT2D eigenvalue weighted by Gasteiger charge is -2.27. The average molecular weight is 263 g/mol. The van der Waals surface area contributed by atoms with E-state index < -0.39 is 0 Å². The third kappa shape index (κ3) is 6.74. The minimum absolute atomic E-state index is 0.178. The van der Waals surface area contributed by atoms with E-state index >= 15 is 0 Å². The summed E-state index contributed by atoms with van der Waals surface area (Å²) in [6, 6.07) is 10.5. The summed E-state index contributed by atoms with van der Waals surface area (Å²) in [6.07, 6.45) is 2.61. The largest absolute Gasteiger partial charge is 0.378 e. The van der Waals surface area contributed by atoms with Gasteiger partial charge >= 0.3 is 0 Å². The normalized spacial score (nSPS) is 12.1. The highest BCUT2D eigenvalue weighted by Gasteiger charge is 2.19. The fourth-order valence-electron chi connectivity index (χ4n) is 2.06. The minimum atomic E-state index is 0.178. The molecule has 0 radical (unpaired) electrons. The predicted octanol–water partition coefficient (Wildman–Crippen LogP) is 4.01. The molecule has 0 bridgehead atoms. The predicted molar refractivity (Wildman–Crippen MR) is 82.3 cm³/mol. The second-order valence-corrected chi connectivity index (χ2v) is 6.00. The van der Waals surface area contributed by atoms with Crippen molar-refractivity contribution in [1.82, 2.24) is 5.32 Å². The van der Waals surface area contributed by atoms with Gasteiger partial charge in [0.25, 0.3) is 0 Å². The first-order valence-corrected chi connectivity index (χ1v) is 7.43. The van der Waals surface area contributed by atoms with Crippen molar-refractivity contribution in [2.24, 2.45) is 5.41 Å². The molecular weight excluding hydrogens is 234 g/mol. The van der Waals surface area contributed by atoms with Crippen LogP contribution in [0.1, 0.15) is 46.1 Å². The zero-order valence-corrected chi connectivity index (χ0v) is 12.9. The Labute approximate surface area is 118 Å². The summed E-state index contributed by atoms with van der Waals surface area (Å²) >= 11 is 0. The molecule has 0 aliphatic heterocycles. The van der Waals surface area contributed by atoms with Crippen molar-refractivity contribution < 1.29 is 4.74 Å². The van der Waals surface area contributed by atoms with Crippen LogP contribution >= 0.6 is 0 Å². The molecule has 0 saturated carbocycles. The van der Waals surface area contributed by atoms with Gasteiger partial charge in [-0.15, -0.1) is 0 Å². The van der Waals surface area contributed by atoms with Gasteiger partial charge in [0, 0.05) is 18.5 Å². The first-order chi connectivity index (χ1) is 9.07. The highest BCUT2D eigenvalue weighted by molar-refractivity contribution is 5.14. The summed E-state index contributed by atoms with van der Waals surface area (Å²) in [7, 11) is 0. The van der Waals surface area contributed by atoms with Crippen molar-refractivity contribution in [3.63, 3.8) is 0 Å². The fraction of sp³-hybridized carbons (Fsp3) is 0.647. The van der Waals surface area contributed by atoms with E-state index in [0.29, 0.717) is 6.10 Å². The topological polar surface area (TPSA) is 21.3 Å². The van der Waals surface area contributed by atoms with E-state index in [-0.39, 0.29) is 5.41 Å². The lowest BCUT2D eigenvalue weighted by molar-refractivity contribution is -0.000516. The third-order valence-electron chi connectivity index (χ3n) is 3.40. The molecule has 2 nitrogen and oxygen atoms in total. The fourth-order valence-corrected chi connectivity index (χ4v) is 2.06. The number of hydrogen-bond acceptors (Lipinski definition) is 2. The smallest absolute Gasteiger partial charge is 0.0570 e. The standard InChI is InChI=1S/C17H29NO/c1-5-16(6-2)19-14-17(3,4)13-18-12-15-10-8-7-9-11-15/h7-11,16,18H,5-6,12-14H2,1-4H3. The van der Waals surface area contributed by atoms with Crippen molar-refractivity contribution in [3.8, 4) is 0 Å². The van der Waals surface area contributed by atoms with Gasteiger partial charge in [-0.3, -0.25) is 0 Å². The van der Waals surface area contributed by atoms with Crippen LogP contribution in [-0.4, -0.2) is 19.3 Å². The zero-order valence-electron chi connectivity index (χ0n) is 12.9. The number of nitrogens with one attached hydrogen (secondary N) is 1. The van der Waals surface area contributed by atoms with Crippen LogP contribution in [0.25, 0.3) is 0 Å². The van der Waals surface area contributed by atoms with Gasteiger partial charge in [0.1, 0.15) is 0 Å². The van der Waals surface area contributed by atoms with Gasteiger partial charge in [-0.2, -0.15) is 0 Å². The Morgan fingerprint density at radius 1 is 1.11 bits per heavy atom. The van der Waals surface area contributed by atoms with Gasteiger partial charge in [0.15, 0.2) is 0 Å². The van der Waals surface area contributed by atoms with Crippen molar-refractivity contribution in [3.05, 3.63) is 35.9 Å². The molecule has 0 atom stereocenters. The highest BCUT2D eigenvalue weighted by Crippen LogP contribution is 2.17. The van der Waals surface area contributed by atoms with Crippen LogP contribution in [0.2, 0.25) is 0 Å². The summed E-state index contributed by atoms with van der Waals surface area (Å²) in [6.45, 7) is 11.6. The third-order valence-corrected chi connectivity index (χ3v) is 3.40. The molecule has 19 heavy (non-hydrogen) atoms. The Balaban J connectivity index is 2.26. The molecule has 1 aromatic rings. The molecule has 0 aliphatic rings. The van der Waals surface area contributed by atoms with Crippen LogP contribution in [-0.2, 0) is 11.3 Å². The number of hydrogen-bond donors (Lipinski definition) is 1. The van der Waals surface area contributed by atoms with Crippen molar-refractivity contribution in [2.75, 3.05) is 13.2 Å². The van der Waals surface area contributed by atoms with E-state index in [4.69, 9.17) is 4.74 Å². The molecular formula is C17H29NO. The van der Waals surface area contributed by atoms with Crippen LogP contribution in [0, 0.1) is 5.41 Å². The maximum atomic E-state index is 5.97. The molecule has 0 fully saturated rings. The summed E-state index contributed by atoms with van der Waals surface area (Å²) in [4.78, 5) is 0. The van der Waals surface area contributed by atoms with E-state index in [9.17, 15) is 0 Å². The molecule has 1 rings (SSSR count). The van der Waals surface area contributed by atoms with Crippen LogP contribution in [0.4, 0.5) is 0 Å². The highest BCUT2D eigenvalue weighted by atomic mass is 16.5. The van der Waals surface area contributed by atoms with E-state index in [0.717, 1.165) is 32.5 Å². The average Bonchev–Trinajstić information content (AvgIpc) is 2.41. The van der Waals surface area contributed by atoms with Gasteiger partial charge in [0.2, 0.25) is 0 Å². The van der Waals surface area contributed by atoms with E-state index in [1.807, 2.05) is 0 Å². The molecule has 108 valence electrons. The first-order valence-electron chi connectivity index (χ1n) is 7.43. The molecule has 2 heteroatoms. The minimum Gasteiger partial charge on any atom is -0.378 e. The van der Waals surface area contributed by atoms with Gasteiger partial charge < -0.3 is 10.1 Å². The van der Waals surface area contributed by atoms with Crippen LogP contribution in [0.5, 0.6) is 0 Å². The molecule has 1 aromatic carbocycles. The van der Waals surface area contributed by atoms with Crippen molar-refractivity contribution >= 4 is 0 Å². The number of benzene rings is 1. The SMILES string of the molecule is CCC(CC)OCC(C)(C)CNCc1ccccc1. The second-order valence-electron chi connectivity index (χ2n) is 6.00. The van der Waals surface area contributed by atoms with Crippen molar-refractivity contribution in [1.29, 1.82) is 0 Å². The first kappa shape index (κ1) is 16.2. The van der Waals surface area contributed by atoms with Gasteiger partial charge in [-0.1, -0.05) is 58.0 Å². The van der Waals surface area contributed by atoms with Gasteiger partial charge in [-0.25, -0.2) is 0 Å². The molecule has 1 N–H and O–H groups in total. The maximum Gasteiger partial charge on any atom is 0.0570 e. The molecule has 0 unspecified atom stereocenters. The Hall–Kier alpha value is -0.860. The Bertz CT molecular complexity index is 330.